The fourth-order valence-electron chi connectivity index (χ4n) is 1.74. The number of nitrogens with one attached hydrogen (secondary N) is 1. The molecule has 0 bridgehead atoms. The van der Waals surface area contributed by atoms with Crippen LogP contribution in [0, 0.1) is 9.39 Å². The van der Waals surface area contributed by atoms with Crippen molar-refractivity contribution in [2.24, 2.45) is 0 Å². The highest BCUT2D eigenvalue weighted by Gasteiger charge is 2.11. The quantitative estimate of drug-likeness (QED) is 0.817. The molecule has 19 heavy (non-hydrogen) atoms. The summed E-state index contributed by atoms with van der Waals surface area (Å²) in [7, 11) is 0. The first-order valence-electron chi connectivity index (χ1n) is 5.88. The Labute approximate surface area is 125 Å². The maximum Gasteiger partial charge on any atom is 0.251 e. The van der Waals surface area contributed by atoms with E-state index in [2.05, 4.69) is 27.9 Å². The molecule has 1 unspecified atom stereocenters. The maximum absolute atomic E-state index is 13.1. The SMILES string of the molecule is CC(NC(=O)c1ccc(I)cc1)c1cccc(F)c1. The number of rotatable bonds is 3. The van der Waals surface area contributed by atoms with Crippen molar-refractivity contribution in [1.82, 2.24) is 5.32 Å². The van der Waals surface area contributed by atoms with Gasteiger partial charge in [-0.3, -0.25) is 4.79 Å². The number of carbonyl (C=O) groups is 1. The molecule has 0 spiro atoms. The minimum atomic E-state index is -0.298. The lowest BCUT2D eigenvalue weighted by atomic mass is 10.1. The third-order valence-electron chi connectivity index (χ3n) is 2.80. The van der Waals surface area contributed by atoms with Crippen molar-refractivity contribution in [2.75, 3.05) is 0 Å². The van der Waals surface area contributed by atoms with Crippen molar-refractivity contribution in [3.8, 4) is 0 Å². The molecule has 2 aromatic rings. The number of carbonyl (C=O) groups excluding carboxylic acids is 1. The summed E-state index contributed by atoms with van der Waals surface area (Å²) < 4.78 is 14.2. The van der Waals surface area contributed by atoms with Gasteiger partial charge in [0, 0.05) is 9.13 Å². The van der Waals surface area contributed by atoms with E-state index in [1.165, 1.54) is 12.1 Å². The Morgan fingerprint density at radius 3 is 2.53 bits per heavy atom. The van der Waals surface area contributed by atoms with Crippen LogP contribution in [0.5, 0.6) is 0 Å². The van der Waals surface area contributed by atoms with Crippen molar-refractivity contribution >= 4 is 28.5 Å². The summed E-state index contributed by atoms with van der Waals surface area (Å²) in [5.74, 6) is -0.457. The molecule has 2 nitrogen and oxygen atoms in total. The molecule has 2 rings (SSSR count). The standard InChI is InChI=1S/C15H13FINO/c1-10(12-3-2-4-13(16)9-12)18-15(19)11-5-7-14(17)8-6-11/h2-10H,1H3,(H,18,19). The molecular formula is C15H13FINO. The Morgan fingerprint density at radius 2 is 1.89 bits per heavy atom. The fourth-order valence-corrected chi connectivity index (χ4v) is 2.10. The van der Waals surface area contributed by atoms with Crippen molar-refractivity contribution in [1.29, 1.82) is 0 Å². The monoisotopic (exact) mass is 369 g/mol. The Balaban J connectivity index is 2.08. The normalized spacial score (nSPS) is 11.9. The van der Waals surface area contributed by atoms with Crippen LogP contribution in [-0.2, 0) is 0 Å². The molecule has 0 fully saturated rings. The van der Waals surface area contributed by atoms with E-state index in [-0.39, 0.29) is 17.8 Å². The van der Waals surface area contributed by atoms with Crippen molar-refractivity contribution in [2.45, 2.75) is 13.0 Å². The lowest BCUT2D eigenvalue weighted by Gasteiger charge is -2.14. The summed E-state index contributed by atoms with van der Waals surface area (Å²) in [5.41, 5.74) is 1.35. The van der Waals surface area contributed by atoms with Gasteiger partial charge in [-0.2, -0.15) is 0 Å². The molecule has 0 radical (unpaired) electrons. The molecule has 0 aliphatic carbocycles. The molecule has 1 amide bonds. The first-order chi connectivity index (χ1) is 9.06. The average molecular weight is 369 g/mol. The number of benzene rings is 2. The summed E-state index contributed by atoms with van der Waals surface area (Å²) in [5, 5.41) is 2.85. The van der Waals surface area contributed by atoms with Crippen LogP contribution >= 0.6 is 22.6 Å². The molecule has 98 valence electrons. The molecule has 0 saturated heterocycles. The van der Waals surface area contributed by atoms with Crippen molar-refractivity contribution in [3.63, 3.8) is 0 Å². The van der Waals surface area contributed by atoms with E-state index >= 15 is 0 Å². The van der Waals surface area contributed by atoms with Gasteiger partial charge in [-0.25, -0.2) is 4.39 Å². The van der Waals surface area contributed by atoms with Crippen molar-refractivity contribution in [3.05, 3.63) is 69.0 Å². The zero-order valence-corrected chi connectivity index (χ0v) is 12.5. The molecule has 0 saturated carbocycles. The minimum absolute atomic E-state index is 0.159. The number of hydrogen-bond acceptors (Lipinski definition) is 1. The third kappa shape index (κ3) is 3.76. The topological polar surface area (TPSA) is 29.1 Å². The Morgan fingerprint density at radius 1 is 1.21 bits per heavy atom. The second-order valence-electron chi connectivity index (χ2n) is 4.26. The summed E-state index contributed by atoms with van der Waals surface area (Å²) in [6.45, 7) is 1.83. The third-order valence-corrected chi connectivity index (χ3v) is 3.52. The van der Waals surface area contributed by atoms with Gasteiger partial charge in [0.05, 0.1) is 6.04 Å². The lowest BCUT2D eigenvalue weighted by molar-refractivity contribution is 0.0940. The highest BCUT2D eigenvalue weighted by atomic mass is 127. The second kappa shape index (κ2) is 6.14. The summed E-state index contributed by atoms with van der Waals surface area (Å²) in [6.07, 6.45) is 0. The average Bonchev–Trinajstić information content (AvgIpc) is 2.39. The van der Waals surface area contributed by atoms with Gasteiger partial charge in [0.15, 0.2) is 0 Å². The van der Waals surface area contributed by atoms with Gasteiger partial charge in [-0.05, 0) is 71.5 Å². The summed E-state index contributed by atoms with van der Waals surface area (Å²) in [4.78, 5) is 12.0. The minimum Gasteiger partial charge on any atom is -0.346 e. The van der Waals surface area contributed by atoms with Crippen molar-refractivity contribution < 1.29 is 9.18 Å². The van der Waals surface area contributed by atoms with Crippen LogP contribution < -0.4 is 5.32 Å². The van der Waals surface area contributed by atoms with Crippen LogP contribution in [0.25, 0.3) is 0 Å². The lowest BCUT2D eigenvalue weighted by Crippen LogP contribution is -2.26. The molecule has 1 atom stereocenters. The summed E-state index contributed by atoms with van der Waals surface area (Å²) in [6, 6.07) is 13.3. The van der Waals surface area contributed by atoms with Gasteiger partial charge in [0.1, 0.15) is 5.82 Å². The fraction of sp³-hybridized carbons (Fsp3) is 0.133. The molecule has 1 N–H and O–H groups in total. The first-order valence-corrected chi connectivity index (χ1v) is 6.96. The van der Waals surface area contributed by atoms with E-state index in [0.29, 0.717) is 5.56 Å². The largest absolute Gasteiger partial charge is 0.346 e. The van der Waals surface area contributed by atoms with E-state index in [1.54, 1.807) is 24.3 Å². The number of halogens is 2. The Bertz CT molecular complexity index is 583. The zero-order valence-electron chi connectivity index (χ0n) is 10.4. The van der Waals surface area contributed by atoms with E-state index < -0.39 is 0 Å². The first kappa shape index (κ1) is 14.0. The molecule has 0 heterocycles. The smallest absolute Gasteiger partial charge is 0.251 e. The highest BCUT2D eigenvalue weighted by molar-refractivity contribution is 14.1. The van der Waals surface area contributed by atoms with Gasteiger partial charge in [-0.1, -0.05) is 12.1 Å². The van der Waals surface area contributed by atoms with Gasteiger partial charge < -0.3 is 5.32 Å². The van der Waals surface area contributed by atoms with E-state index in [0.717, 1.165) is 9.13 Å². The van der Waals surface area contributed by atoms with Gasteiger partial charge in [0.2, 0.25) is 0 Å². The molecule has 4 heteroatoms. The maximum atomic E-state index is 13.1. The van der Waals surface area contributed by atoms with Crippen LogP contribution in [0.3, 0.4) is 0 Å². The van der Waals surface area contributed by atoms with Crippen LogP contribution in [0.2, 0.25) is 0 Å². The number of amides is 1. The van der Waals surface area contributed by atoms with E-state index in [1.807, 2.05) is 19.1 Å². The van der Waals surface area contributed by atoms with Gasteiger partial charge in [-0.15, -0.1) is 0 Å². The second-order valence-corrected chi connectivity index (χ2v) is 5.50. The highest BCUT2D eigenvalue weighted by Crippen LogP contribution is 2.14. The summed E-state index contributed by atoms with van der Waals surface area (Å²) >= 11 is 2.18. The number of hydrogen-bond donors (Lipinski definition) is 1. The Kier molecular flexibility index (Phi) is 4.52. The predicted molar refractivity (Wildman–Crippen MR) is 81.4 cm³/mol. The van der Waals surface area contributed by atoms with Crippen LogP contribution in [0.4, 0.5) is 4.39 Å². The van der Waals surface area contributed by atoms with Crippen LogP contribution in [0.15, 0.2) is 48.5 Å². The molecule has 0 aliphatic rings. The Hall–Kier alpha value is -1.43. The van der Waals surface area contributed by atoms with Gasteiger partial charge in [0.25, 0.3) is 5.91 Å². The molecule has 2 aromatic carbocycles. The molecule has 0 aliphatic heterocycles. The van der Waals surface area contributed by atoms with Crippen LogP contribution in [0.1, 0.15) is 28.9 Å². The molecular weight excluding hydrogens is 356 g/mol. The molecule has 0 aromatic heterocycles. The zero-order chi connectivity index (χ0) is 13.8. The van der Waals surface area contributed by atoms with E-state index in [4.69, 9.17) is 0 Å². The predicted octanol–water partition coefficient (Wildman–Crippen LogP) is 3.92. The van der Waals surface area contributed by atoms with Gasteiger partial charge >= 0.3 is 0 Å². The van der Waals surface area contributed by atoms with Crippen LogP contribution in [-0.4, -0.2) is 5.91 Å². The van der Waals surface area contributed by atoms with E-state index in [9.17, 15) is 9.18 Å².